The van der Waals surface area contributed by atoms with E-state index in [9.17, 15) is 9.59 Å². The molecule has 0 atom stereocenters. The van der Waals surface area contributed by atoms with Crippen LogP contribution in [0.1, 0.15) is 25.0 Å². The lowest BCUT2D eigenvalue weighted by atomic mass is 9.90. The standard InChI is InChI=1S/C20H23ClN2O2/c1-13-11-14(2)17(16(21)12-13)22-18(24)20(3,4)19(25)23(5)15-9-7-6-8-10-15/h6-12H,1-5H3,(H,22,24). The van der Waals surface area contributed by atoms with Gasteiger partial charge >= 0.3 is 0 Å². The number of rotatable bonds is 4. The first-order valence-corrected chi connectivity index (χ1v) is 8.44. The zero-order chi connectivity index (χ0) is 18.8. The molecule has 25 heavy (non-hydrogen) atoms. The van der Waals surface area contributed by atoms with Crippen molar-refractivity contribution in [2.45, 2.75) is 27.7 Å². The molecule has 0 radical (unpaired) electrons. The lowest BCUT2D eigenvalue weighted by Crippen LogP contribution is -2.46. The van der Waals surface area contributed by atoms with Gasteiger partial charge in [-0.1, -0.05) is 35.9 Å². The average Bonchev–Trinajstić information content (AvgIpc) is 2.57. The Balaban J connectivity index is 2.24. The van der Waals surface area contributed by atoms with E-state index < -0.39 is 11.3 Å². The van der Waals surface area contributed by atoms with E-state index >= 15 is 0 Å². The van der Waals surface area contributed by atoms with Gasteiger partial charge in [-0.15, -0.1) is 0 Å². The molecule has 0 saturated carbocycles. The summed E-state index contributed by atoms with van der Waals surface area (Å²) in [6.07, 6.45) is 0. The van der Waals surface area contributed by atoms with Crippen LogP contribution in [0.2, 0.25) is 5.02 Å². The van der Waals surface area contributed by atoms with E-state index in [0.717, 1.165) is 16.8 Å². The number of nitrogens with zero attached hydrogens (tertiary/aromatic N) is 1. The minimum Gasteiger partial charge on any atom is -0.324 e. The van der Waals surface area contributed by atoms with E-state index in [-0.39, 0.29) is 5.91 Å². The first-order chi connectivity index (χ1) is 11.6. The number of hydrogen-bond donors (Lipinski definition) is 1. The maximum Gasteiger partial charge on any atom is 0.241 e. The van der Waals surface area contributed by atoms with Gasteiger partial charge in [-0.25, -0.2) is 0 Å². The molecule has 0 spiro atoms. The number of nitrogens with one attached hydrogen (secondary N) is 1. The summed E-state index contributed by atoms with van der Waals surface area (Å²) < 4.78 is 0. The number of anilines is 2. The van der Waals surface area contributed by atoms with Gasteiger partial charge in [0.15, 0.2) is 0 Å². The van der Waals surface area contributed by atoms with E-state index in [1.807, 2.05) is 50.2 Å². The predicted molar refractivity (Wildman–Crippen MR) is 103 cm³/mol. The van der Waals surface area contributed by atoms with Crippen LogP contribution >= 0.6 is 11.6 Å². The van der Waals surface area contributed by atoms with Crippen LogP contribution in [-0.4, -0.2) is 18.9 Å². The Morgan fingerprint density at radius 1 is 1.08 bits per heavy atom. The number of aryl methyl sites for hydroxylation is 2. The zero-order valence-corrected chi connectivity index (χ0v) is 15.9. The molecule has 0 fully saturated rings. The van der Waals surface area contributed by atoms with Crippen molar-refractivity contribution in [1.29, 1.82) is 0 Å². The van der Waals surface area contributed by atoms with Gasteiger partial charge in [0.05, 0.1) is 10.7 Å². The molecule has 0 bridgehead atoms. The van der Waals surface area contributed by atoms with E-state index in [4.69, 9.17) is 11.6 Å². The molecule has 0 aliphatic carbocycles. The van der Waals surface area contributed by atoms with Crippen molar-refractivity contribution >= 4 is 34.8 Å². The number of halogens is 1. The second-order valence-electron chi connectivity index (χ2n) is 6.72. The maximum absolute atomic E-state index is 12.9. The summed E-state index contributed by atoms with van der Waals surface area (Å²) in [6, 6.07) is 13.0. The fourth-order valence-corrected chi connectivity index (χ4v) is 3.00. The SMILES string of the molecule is Cc1cc(C)c(NC(=O)C(C)(C)C(=O)N(C)c2ccccc2)c(Cl)c1. The number of carbonyl (C=O) groups excluding carboxylic acids is 2. The van der Waals surface area contributed by atoms with Crippen LogP contribution in [0, 0.1) is 19.3 Å². The maximum atomic E-state index is 12.9. The van der Waals surface area contributed by atoms with Crippen molar-refractivity contribution in [3.05, 3.63) is 58.6 Å². The molecular formula is C20H23ClN2O2. The van der Waals surface area contributed by atoms with Gasteiger partial charge in [-0.3, -0.25) is 9.59 Å². The monoisotopic (exact) mass is 358 g/mol. The third-order valence-corrected chi connectivity index (χ3v) is 4.52. The largest absolute Gasteiger partial charge is 0.324 e. The molecule has 2 rings (SSSR count). The first-order valence-electron chi connectivity index (χ1n) is 8.06. The fourth-order valence-electron chi connectivity index (χ4n) is 2.63. The second kappa shape index (κ2) is 7.28. The molecule has 4 nitrogen and oxygen atoms in total. The van der Waals surface area contributed by atoms with Gasteiger partial charge in [0.1, 0.15) is 5.41 Å². The molecule has 5 heteroatoms. The Kier molecular flexibility index (Phi) is 5.53. The van der Waals surface area contributed by atoms with E-state index in [1.54, 1.807) is 27.0 Å². The van der Waals surface area contributed by atoms with E-state index in [1.165, 1.54) is 4.90 Å². The molecule has 0 unspecified atom stereocenters. The van der Waals surface area contributed by atoms with Gasteiger partial charge in [-0.05, 0) is 57.0 Å². The quantitative estimate of drug-likeness (QED) is 0.813. The minimum atomic E-state index is -1.24. The number of hydrogen-bond acceptors (Lipinski definition) is 2. The van der Waals surface area contributed by atoms with Crippen molar-refractivity contribution < 1.29 is 9.59 Å². The highest BCUT2D eigenvalue weighted by atomic mass is 35.5. The van der Waals surface area contributed by atoms with Gasteiger partial charge in [0, 0.05) is 12.7 Å². The van der Waals surface area contributed by atoms with Gasteiger partial charge in [0.2, 0.25) is 11.8 Å². The van der Waals surface area contributed by atoms with Crippen LogP contribution in [0.15, 0.2) is 42.5 Å². The van der Waals surface area contributed by atoms with Crippen LogP contribution in [0.3, 0.4) is 0 Å². The van der Waals surface area contributed by atoms with Gasteiger partial charge < -0.3 is 10.2 Å². The molecule has 0 aromatic heterocycles. The average molecular weight is 359 g/mol. The molecule has 0 heterocycles. The summed E-state index contributed by atoms with van der Waals surface area (Å²) in [5, 5.41) is 3.28. The second-order valence-corrected chi connectivity index (χ2v) is 7.12. The minimum absolute atomic E-state index is 0.294. The van der Waals surface area contributed by atoms with E-state index in [2.05, 4.69) is 5.32 Å². The molecule has 0 aliphatic rings. The number of amides is 2. The molecule has 2 amide bonds. The molecule has 2 aromatic carbocycles. The summed E-state index contributed by atoms with van der Waals surface area (Å²) in [6.45, 7) is 7.04. The van der Waals surface area contributed by atoms with Crippen molar-refractivity contribution in [3.8, 4) is 0 Å². The fraction of sp³-hybridized carbons (Fsp3) is 0.300. The molecule has 0 saturated heterocycles. The lowest BCUT2D eigenvalue weighted by molar-refractivity contribution is -0.136. The molecule has 0 aliphatic heterocycles. The summed E-state index contributed by atoms with van der Waals surface area (Å²) in [5.74, 6) is -0.689. The molecule has 2 aromatic rings. The highest BCUT2D eigenvalue weighted by Gasteiger charge is 2.39. The smallest absolute Gasteiger partial charge is 0.241 e. The molecule has 1 N–H and O–H groups in total. The van der Waals surface area contributed by atoms with Gasteiger partial charge in [-0.2, -0.15) is 0 Å². The Bertz CT molecular complexity index is 778. The highest BCUT2D eigenvalue weighted by Crippen LogP contribution is 2.30. The number of para-hydroxylation sites is 1. The number of carbonyl (C=O) groups is 2. The van der Waals surface area contributed by atoms with Crippen LogP contribution in [0.4, 0.5) is 11.4 Å². The first kappa shape index (κ1) is 19.0. The predicted octanol–water partition coefficient (Wildman–Crippen LogP) is 4.58. The third-order valence-electron chi connectivity index (χ3n) is 4.22. The Morgan fingerprint density at radius 3 is 2.24 bits per heavy atom. The van der Waals surface area contributed by atoms with E-state index in [0.29, 0.717) is 10.7 Å². The zero-order valence-electron chi connectivity index (χ0n) is 15.2. The summed E-state index contributed by atoms with van der Waals surface area (Å²) in [5.41, 5.74) is 1.90. The van der Waals surface area contributed by atoms with Gasteiger partial charge in [0.25, 0.3) is 0 Å². The lowest BCUT2D eigenvalue weighted by Gasteiger charge is -2.29. The molecule has 132 valence electrons. The Labute approximate surface area is 153 Å². The van der Waals surface area contributed by atoms with Crippen LogP contribution in [0.25, 0.3) is 0 Å². The van der Waals surface area contributed by atoms with Crippen LogP contribution in [-0.2, 0) is 9.59 Å². The summed E-state index contributed by atoms with van der Waals surface area (Å²) >= 11 is 6.26. The van der Waals surface area contributed by atoms with Crippen LogP contribution < -0.4 is 10.2 Å². The Morgan fingerprint density at radius 2 is 1.68 bits per heavy atom. The summed E-state index contributed by atoms with van der Waals surface area (Å²) in [7, 11) is 1.66. The third kappa shape index (κ3) is 4.02. The highest BCUT2D eigenvalue weighted by molar-refractivity contribution is 6.34. The molecular weight excluding hydrogens is 336 g/mol. The van der Waals surface area contributed by atoms with Crippen molar-refractivity contribution in [3.63, 3.8) is 0 Å². The summed E-state index contributed by atoms with van der Waals surface area (Å²) in [4.78, 5) is 27.1. The van der Waals surface area contributed by atoms with Crippen LogP contribution in [0.5, 0.6) is 0 Å². The van der Waals surface area contributed by atoms with Crippen molar-refractivity contribution in [2.75, 3.05) is 17.3 Å². The normalized spacial score (nSPS) is 11.1. The van der Waals surface area contributed by atoms with Crippen molar-refractivity contribution in [1.82, 2.24) is 0 Å². The Hall–Kier alpha value is -2.33. The topological polar surface area (TPSA) is 49.4 Å². The number of benzene rings is 2. The van der Waals surface area contributed by atoms with Crippen molar-refractivity contribution in [2.24, 2.45) is 5.41 Å².